The molecule has 1 aromatic carbocycles. The van der Waals surface area contributed by atoms with Gasteiger partial charge in [0.05, 0.1) is 0 Å². The number of rotatable bonds is 8. The van der Waals surface area contributed by atoms with Crippen LogP contribution in [0.4, 0.5) is 0 Å². The minimum Gasteiger partial charge on any atom is -0.396 e. The molecule has 1 unspecified atom stereocenters. The van der Waals surface area contributed by atoms with Crippen LogP contribution in [0.5, 0.6) is 0 Å². The Morgan fingerprint density at radius 1 is 1.18 bits per heavy atom. The summed E-state index contributed by atoms with van der Waals surface area (Å²) in [5.74, 6) is 0.722. The second-order valence-corrected chi connectivity index (χ2v) is 6.94. The van der Waals surface area contributed by atoms with Gasteiger partial charge in [-0.2, -0.15) is 0 Å². The predicted molar refractivity (Wildman–Crippen MR) is 93.1 cm³/mol. The average molecular weight is 304 g/mol. The lowest BCUT2D eigenvalue weighted by molar-refractivity contribution is 0.0529. The van der Waals surface area contributed by atoms with Gasteiger partial charge in [-0.25, -0.2) is 0 Å². The van der Waals surface area contributed by atoms with E-state index in [9.17, 15) is 5.11 Å². The van der Waals surface area contributed by atoms with Crippen LogP contribution in [0.2, 0.25) is 0 Å². The summed E-state index contributed by atoms with van der Waals surface area (Å²) in [6.45, 7) is 10.6. The molecule has 1 atom stereocenters. The van der Waals surface area contributed by atoms with Crippen LogP contribution in [-0.4, -0.2) is 60.3 Å². The van der Waals surface area contributed by atoms with Crippen molar-refractivity contribution < 1.29 is 5.11 Å². The highest BCUT2D eigenvalue weighted by Gasteiger charge is 2.26. The van der Waals surface area contributed by atoms with Gasteiger partial charge in [0.25, 0.3) is 0 Å². The molecule has 1 aliphatic rings. The molecule has 0 aliphatic carbocycles. The highest BCUT2D eigenvalue weighted by molar-refractivity contribution is 5.14. The summed E-state index contributed by atoms with van der Waals surface area (Å²) in [6, 6.07) is 11.3. The van der Waals surface area contributed by atoms with Gasteiger partial charge in [0, 0.05) is 38.8 Å². The Balaban J connectivity index is 1.79. The molecule has 0 radical (unpaired) electrons. The third-order valence-corrected chi connectivity index (χ3v) is 4.53. The lowest BCUT2D eigenvalue weighted by atomic mass is 10.1. The third kappa shape index (κ3) is 5.71. The number of benzene rings is 1. The summed E-state index contributed by atoms with van der Waals surface area (Å²) in [4.78, 5) is 5.16. The molecule has 1 heterocycles. The van der Waals surface area contributed by atoms with Gasteiger partial charge in [0.15, 0.2) is 0 Å². The molecule has 3 nitrogen and oxygen atoms in total. The molecular weight excluding hydrogens is 272 g/mol. The zero-order chi connectivity index (χ0) is 15.8. The number of aliphatic hydroxyl groups excluding tert-OH is 1. The fraction of sp³-hybridized carbons (Fsp3) is 0.684. The van der Waals surface area contributed by atoms with E-state index >= 15 is 0 Å². The van der Waals surface area contributed by atoms with E-state index in [-0.39, 0.29) is 0 Å². The first-order valence-electron chi connectivity index (χ1n) is 8.80. The second kappa shape index (κ2) is 9.29. The van der Waals surface area contributed by atoms with Crippen LogP contribution < -0.4 is 0 Å². The van der Waals surface area contributed by atoms with Gasteiger partial charge in [0.1, 0.15) is 0 Å². The third-order valence-electron chi connectivity index (χ3n) is 4.53. The SMILES string of the molecule is CC(C)CN1CCN(CCCc2ccccc2)C(CCO)C1. The number of hydrogen-bond donors (Lipinski definition) is 1. The van der Waals surface area contributed by atoms with Crippen molar-refractivity contribution in [1.29, 1.82) is 0 Å². The Hall–Kier alpha value is -0.900. The van der Waals surface area contributed by atoms with Gasteiger partial charge < -0.3 is 10.0 Å². The first-order chi connectivity index (χ1) is 10.7. The van der Waals surface area contributed by atoms with E-state index in [1.54, 1.807) is 0 Å². The summed E-state index contributed by atoms with van der Waals surface area (Å²) in [5.41, 5.74) is 1.43. The number of hydrogen-bond acceptors (Lipinski definition) is 3. The molecule has 2 rings (SSSR count). The molecule has 0 aromatic heterocycles. The Morgan fingerprint density at radius 2 is 1.95 bits per heavy atom. The summed E-state index contributed by atoms with van der Waals surface area (Å²) in [5, 5.41) is 9.36. The van der Waals surface area contributed by atoms with Crippen molar-refractivity contribution in [2.24, 2.45) is 5.92 Å². The van der Waals surface area contributed by atoms with Crippen molar-refractivity contribution >= 4 is 0 Å². The maximum atomic E-state index is 9.36. The number of piperazine rings is 1. The number of aliphatic hydroxyl groups is 1. The van der Waals surface area contributed by atoms with E-state index in [1.807, 2.05) is 0 Å². The first-order valence-corrected chi connectivity index (χ1v) is 8.80. The summed E-state index contributed by atoms with van der Waals surface area (Å²) in [6.07, 6.45) is 3.26. The largest absolute Gasteiger partial charge is 0.396 e. The molecule has 22 heavy (non-hydrogen) atoms. The minimum absolute atomic E-state index is 0.301. The molecule has 0 saturated carbocycles. The van der Waals surface area contributed by atoms with Gasteiger partial charge in [0.2, 0.25) is 0 Å². The van der Waals surface area contributed by atoms with Crippen LogP contribution in [0.25, 0.3) is 0 Å². The van der Waals surface area contributed by atoms with Crippen molar-refractivity contribution in [1.82, 2.24) is 9.80 Å². The van der Waals surface area contributed by atoms with E-state index in [1.165, 1.54) is 25.1 Å². The van der Waals surface area contributed by atoms with Crippen LogP contribution in [0.3, 0.4) is 0 Å². The maximum absolute atomic E-state index is 9.36. The molecule has 0 spiro atoms. The molecule has 0 amide bonds. The van der Waals surface area contributed by atoms with Crippen LogP contribution in [0.15, 0.2) is 30.3 Å². The van der Waals surface area contributed by atoms with E-state index in [2.05, 4.69) is 54.0 Å². The van der Waals surface area contributed by atoms with Gasteiger partial charge in [-0.3, -0.25) is 4.90 Å². The van der Waals surface area contributed by atoms with Crippen molar-refractivity contribution in [3.8, 4) is 0 Å². The molecular formula is C19H32N2O. The Labute approximate surface area is 135 Å². The van der Waals surface area contributed by atoms with Crippen LogP contribution >= 0.6 is 0 Å². The molecule has 1 aromatic rings. The number of nitrogens with zero attached hydrogens (tertiary/aromatic N) is 2. The minimum atomic E-state index is 0.301. The smallest absolute Gasteiger partial charge is 0.0446 e. The van der Waals surface area contributed by atoms with Crippen LogP contribution in [0, 0.1) is 5.92 Å². The van der Waals surface area contributed by atoms with Crippen molar-refractivity contribution in [2.75, 3.05) is 39.3 Å². The van der Waals surface area contributed by atoms with Crippen LogP contribution in [0.1, 0.15) is 32.3 Å². The van der Waals surface area contributed by atoms with Gasteiger partial charge >= 0.3 is 0 Å². The molecule has 1 aliphatic heterocycles. The van der Waals surface area contributed by atoms with Crippen LogP contribution in [-0.2, 0) is 6.42 Å². The molecule has 1 fully saturated rings. The van der Waals surface area contributed by atoms with Gasteiger partial charge in [-0.05, 0) is 37.3 Å². The lowest BCUT2D eigenvalue weighted by Gasteiger charge is -2.42. The van der Waals surface area contributed by atoms with Gasteiger partial charge in [-0.1, -0.05) is 44.2 Å². The quantitative estimate of drug-likeness (QED) is 0.800. The van der Waals surface area contributed by atoms with Crippen molar-refractivity contribution in [3.63, 3.8) is 0 Å². The zero-order valence-corrected chi connectivity index (χ0v) is 14.2. The Bertz CT molecular complexity index is 407. The van der Waals surface area contributed by atoms with Gasteiger partial charge in [-0.15, -0.1) is 0 Å². The second-order valence-electron chi connectivity index (χ2n) is 6.94. The standard InChI is InChI=1S/C19H32N2O/c1-17(2)15-20-12-13-21(19(16-20)10-14-22)11-6-9-18-7-4-3-5-8-18/h3-5,7-8,17,19,22H,6,9-16H2,1-2H3. The summed E-state index contributed by atoms with van der Waals surface area (Å²) >= 11 is 0. The van der Waals surface area contributed by atoms with Crippen molar-refractivity contribution in [3.05, 3.63) is 35.9 Å². The maximum Gasteiger partial charge on any atom is 0.0446 e. The Morgan fingerprint density at radius 3 is 2.64 bits per heavy atom. The molecule has 124 valence electrons. The number of aryl methyl sites for hydroxylation is 1. The van der Waals surface area contributed by atoms with E-state index in [4.69, 9.17) is 0 Å². The molecule has 3 heteroatoms. The Kier molecular flexibility index (Phi) is 7.37. The van der Waals surface area contributed by atoms with Crippen molar-refractivity contribution in [2.45, 2.75) is 39.2 Å². The molecule has 1 N–H and O–H groups in total. The van der Waals surface area contributed by atoms with E-state index in [0.29, 0.717) is 12.6 Å². The monoisotopic (exact) mass is 304 g/mol. The highest BCUT2D eigenvalue weighted by Crippen LogP contribution is 2.15. The first kappa shape index (κ1) is 17.5. The molecule has 0 bridgehead atoms. The highest BCUT2D eigenvalue weighted by atomic mass is 16.3. The fourth-order valence-electron chi connectivity index (χ4n) is 3.49. The lowest BCUT2D eigenvalue weighted by Crippen LogP contribution is -2.54. The predicted octanol–water partition coefficient (Wildman–Crippen LogP) is 2.64. The summed E-state index contributed by atoms with van der Waals surface area (Å²) in [7, 11) is 0. The van der Waals surface area contributed by atoms with E-state index < -0.39 is 0 Å². The van der Waals surface area contributed by atoms with E-state index in [0.717, 1.165) is 38.4 Å². The fourth-order valence-corrected chi connectivity index (χ4v) is 3.49. The summed E-state index contributed by atoms with van der Waals surface area (Å²) < 4.78 is 0. The topological polar surface area (TPSA) is 26.7 Å². The normalized spacial score (nSPS) is 20.6. The molecule has 1 saturated heterocycles. The average Bonchev–Trinajstić information content (AvgIpc) is 2.50. The zero-order valence-electron chi connectivity index (χ0n) is 14.2.